The highest BCUT2D eigenvalue weighted by Gasteiger charge is 2.37. The zero-order valence-corrected chi connectivity index (χ0v) is 19.7. The second kappa shape index (κ2) is 8.94. The average molecular weight is 427 g/mol. The zero-order chi connectivity index (χ0) is 22.8. The van der Waals surface area contributed by atoms with Gasteiger partial charge in [0.15, 0.2) is 0 Å². The molecule has 2 heteroatoms. The summed E-state index contributed by atoms with van der Waals surface area (Å²) in [6.07, 6.45) is 3.89. The summed E-state index contributed by atoms with van der Waals surface area (Å²) in [6.45, 7) is 9.31. The molecule has 3 aromatic rings. The quantitative estimate of drug-likeness (QED) is 0.304. The van der Waals surface area contributed by atoms with Gasteiger partial charge in [-0.25, -0.2) is 0 Å². The van der Waals surface area contributed by atoms with Gasteiger partial charge in [0.1, 0.15) is 5.75 Å². The van der Waals surface area contributed by atoms with Crippen LogP contribution in [-0.2, 0) is 22.0 Å². The molecule has 4 rings (SSSR count). The van der Waals surface area contributed by atoms with Gasteiger partial charge in [-0.1, -0.05) is 94.4 Å². The first kappa shape index (κ1) is 22.3. The molecule has 3 aromatic carbocycles. The van der Waals surface area contributed by atoms with Crippen molar-refractivity contribution in [1.29, 1.82) is 0 Å². The van der Waals surface area contributed by atoms with Crippen molar-refractivity contribution in [2.45, 2.75) is 70.1 Å². The highest BCUT2D eigenvalue weighted by Crippen LogP contribution is 2.46. The van der Waals surface area contributed by atoms with Crippen molar-refractivity contribution in [3.63, 3.8) is 0 Å². The van der Waals surface area contributed by atoms with E-state index < -0.39 is 0 Å². The maximum Gasteiger partial charge on any atom is 0.318 e. The summed E-state index contributed by atoms with van der Waals surface area (Å²) < 4.78 is 5.82. The summed E-state index contributed by atoms with van der Waals surface area (Å²) in [5, 5.41) is 0. The minimum absolute atomic E-state index is 0.105. The number of hydrogen-bond acceptors (Lipinski definition) is 2. The summed E-state index contributed by atoms with van der Waals surface area (Å²) in [7, 11) is 0. The Kier molecular flexibility index (Phi) is 6.24. The molecule has 0 spiro atoms. The van der Waals surface area contributed by atoms with Gasteiger partial charge in [-0.15, -0.1) is 0 Å². The van der Waals surface area contributed by atoms with E-state index in [9.17, 15) is 4.79 Å². The van der Waals surface area contributed by atoms with Gasteiger partial charge in [-0.3, -0.25) is 4.79 Å². The molecule has 0 radical (unpaired) electrons. The summed E-state index contributed by atoms with van der Waals surface area (Å²) >= 11 is 0. The molecular formula is C30H34O2. The summed E-state index contributed by atoms with van der Waals surface area (Å²) in [5.74, 6) is 0.114. The van der Waals surface area contributed by atoms with Crippen molar-refractivity contribution < 1.29 is 9.53 Å². The number of esters is 1. The van der Waals surface area contributed by atoms with Gasteiger partial charge in [0.25, 0.3) is 0 Å². The summed E-state index contributed by atoms with van der Waals surface area (Å²) in [6, 6.07) is 26.5. The van der Waals surface area contributed by atoms with Gasteiger partial charge in [0, 0.05) is 0 Å². The third-order valence-corrected chi connectivity index (χ3v) is 7.09. The largest absolute Gasteiger partial charge is 0.426 e. The minimum Gasteiger partial charge on any atom is -0.426 e. The predicted octanol–water partition coefficient (Wildman–Crippen LogP) is 7.36. The molecule has 0 bridgehead atoms. The summed E-state index contributed by atoms with van der Waals surface area (Å²) in [4.78, 5) is 13.4. The van der Waals surface area contributed by atoms with Crippen LogP contribution >= 0.6 is 0 Å². The number of benzene rings is 3. The first-order valence-electron chi connectivity index (χ1n) is 11.7. The minimum atomic E-state index is -0.304. The lowest BCUT2D eigenvalue weighted by Crippen LogP contribution is -2.34. The Balaban J connectivity index is 1.68. The van der Waals surface area contributed by atoms with E-state index in [0.29, 0.717) is 5.75 Å². The smallest absolute Gasteiger partial charge is 0.318 e. The first-order chi connectivity index (χ1) is 15.3. The van der Waals surface area contributed by atoms with Gasteiger partial charge in [-0.2, -0.15) is 0 Å². The number of rotatable bonds is 6. The van der Waals surface area contributed by atoms with E-state index in [1.54, 1.807) is 0 Å². The van der Waals surface area contributed by atoms with Crippen LogP contribution < -0.4 is 4.74 Å². The number of para-hydroxylation sites is 1. The molecule has 0 saturated heterocycles. The third kappa shape index (κ3) is 4.80. The SMILES string of the molecule is CC1(C)CCC(C)(C)c2cc(C(CCc3ccccc3)C(=O)Oc3ccccc3)ccc21. The van der Waals surface area contributed by atoms with E-state index in [4.69, 9.17) is 4.74 Å². The lowest BCUT2D eigenvalue weighted by atomic mass is 9.62. The van der Waals surface area contributed by atoms with Crippen LogP contribution in [0, 0.1) is 0 Å². The number of carbonyl (C=O) groups is 1. The van der Waals surface area contributed by atoms with Crippen molar-refractivity contribution in [2.75, 3.05) is 0 Å². The van der Waals surface area contributed by atoms with Crippen LogP contribution in [0.5, 0.6) is 5.75 Å². The van der Waals surface area contributed by atoms with Crippen LogP contribution in [-0.4, -0.2) is 5.97 Å². The van der Waals surface area contributed by atoms with Crippen LogP contribution in [0.1, 0.15) is 75.1 Å². The number of ether oxygens (including phenoxy) is 1. The maximum atomic E-state index is 13.4. The van der Waals surface area contributed by atoms with Crippen molar-refractivity contribution >= 4 is 5.97 Å². The van der Waals surface area contributed by atoms with Crippen molar-refractivity contribution in [3.8, 4) is 5.75 Å². The Labute approximate surface area is 192 Å². The van der Waals surface area contributed by atoms with E-state index in [-0.39, 0.29) is 22.7 Å². The fourth-order valence-electron chi connectivity index (χ4n) is 4.88. The molecule has 0 saturated carbocycles. The highest BCUT2D eigenvalue weighted by molar-refractivity contribution is 5.80. The molecule has 2 nitrogen and oxygen atoms in total. The number of aryl methyl sites for hydroxylation is 1. The Morgan fingerprint density at radius 3 is 2.06 bits per heavy atom. The van der Waals surface area contributed by atoms with Crippen LogP contribution in [0.3, 0.4) is 0 Å². The molecule has 0 amide bonds. The van der Waals surface area contributed by atoms with Gasteiger partial charge in [-0.05, 0) is 70.9 Å². The second-order valence-electron chi connectivity index (χ2n) is 10.4. The molecule has 1 aliphatic carbocycles. The van der Waals surface area contributed by atoms with Gasteiger partial charge >= 0.3 is 5.97 Å². The zero-order valence-electron chi connectivity index (χ0n) is 19.7. The van der Waals surface area contributed by atoms with Crippen LogP contribution in [0.4, 0.5) is 0 Å². The molecule has 32 heavy (non-hydrogen) atoms. The van der Waals surface area contributed by atoms with Crippen molar-refractivity contribution in [1.82, 2.24) is 0 Å². The van der Waals surface area contributed by atoms with Gasteiger partial charge in [0.2, 0.25) is 0 Å². The Morgan fingerprint density at radius 1 is 0.812 bits per heavy atom. The molecular weight excluding hydrogens is 392 g/mol. The van der Waals surface area contributed by atoms with Crippen LogP contribution in [0.15, 0.2) is 78.9 Å². The maximum absolute atomic E-state index is 13.4. The molecule has 0 heterocycles. The third-order valence-electron chi connectivity index (χ3n) is 7.09. The molecule has 1 unspecified atom stereocenters. The van der Waals surface area contributed by atoms with Crippen LogP contribution in [0.25, 0.3) is 0 Å². The van der Waals surface area contributed by atoms with E-state index in [1.807, 2.05) is 36.4 Å². The van der Waals surface area contributed by atoms with Gasteiger partial charge in [0.05, 0.1) is 5.92 Å². The lowest BCUT2D eigenvalue weighted by molar-refractivity contribution is -0.136. The summed E-state index contributed by atoms with van der Waals surface area (Å²) in [5.41, 5.74) is 5.36. The Hall–Kier alpha value is -2.87. The number of carbonyl (C=O) groups excluding carboxylic acids is 1. The first-order valence-corrected chi connectivity index (χ1v) is 11.7. The molecule has 166 valence electrons. The van der Waals surface area contributed by atoms with E-state index in [1.165, 1.54) is 23.1 Å². The molecule has 0 aliphatic heterocycles. The van der Waals surface area contributed by atoms with Crippen molar-refractivity contribution in [3.05, 3.63) is 101 Å². The standard InChI is InChI=1S/C30H34O2/c1-29(2)19-20-30(3,4)27-21-23(16-18-26(27)29)25(17-15-22-11-7-5-8-12-22)28(31)32-24-13-9-6-10-14-24/h5-14,16,18,21,25H,15,17,19-20H2,1-4H3. The fourth-order valence-corrected chi connectivity index (χ4v) is 4.88. The van der Waals surface area contributed by atoms with E-state index >= 15 is 0 Å². The van der Waals surface area contributed by atoms with E-state index in [2.05, 4.69) is 70.2 Å². The molecule has 0 aromatic heterocycles. The second-order valence-corrected chi connectivity index (χ2v) is 10.4. The van der Waals surface area contributed by atoms with Crippen molar-refractivity contribution in [2.24, 2.45) is 0 Å². The number of hydrogen-bond donors (Lipinski definition) is 0. The highest BCUT2D eigenvalue weighted by atomic mass is 16.5. The Morgan fingerprint density at radius 2 is 1.41 bits per heavy atom. The molecule has 1 aliphatic rings. The normalized spacial score (nSPS) is 17.2. The van der Waals surface area contributed by atoms with Gasteiger partial charge < -0.3 is 4.74 Å². The monoisotopic (exact) mass is 426 g/mol. The fraction of sp³-hybridized carbons (Fsp3) is 0.367. The van der Waals surface area contributed by atoms with Crippen LogP contribution in [0.2, 0.25) is 0 Å². The lowest BCUT2D eigenvalue weighted by Gasteiger charge is -2.42. The molecule has 1 atom stereocenters. The topological polar surface area (TPSA) is 26.3 Å². The predicted molar refractivity (Wildman–Crippen MR) is 131 cm³/mol. The van der Waals surface area contributed by atoms with E-state index in [0.717, 1.165) is 24.8 Å². The average Bonchev–Trinajstić information content (AvgIpc) is 2.78. The number of fused-ring (bicyclic) bond motifs is 1. The molecule has 0 N–H and O–H groups in total. The molecule has 0 fully saturated rings. The Bertz CT molecular complexity index is 1060.